The molecule has 1 atom stereocenters. The van der Waals surface area contributed by atoms with Crippen molar-refractivity contribution in [2.24, 2.45) is 0 Å². The van der Waals surface area contributed by atoms with Crippen molar-refractivity contribution in [3.8, 4) is 0 Å². The summed E-state index contributed by atoms with van der Waals surface area (Å²) in [6.45, 7) is 0.0469. The van der Waals surface area contributed by atoms with Gasteiger partial charge < -0.3 is 5.32 Å². The Morgan fingerprint density at radius 3 is 2.34 bits per heavy atom. The van der Waals surface area contributed by atoms with E-state index >= 15 is 0 Å². The summed E-state index contributed by atoms with van der Waals surface area (Å²) in [6, 6.07) is 26.8. The summed E-state index contributed by atoms with van der Waals surface area (Å²) in [5.74, 6) is 0.313. The quantitative estimate of drug-likeness (QED) is 0.495. The van der Waals surface area contributed by atoms with E-state index in [9.17, 15) is 4.79 Å². The molecule has 1 aliphatic heterocycles. The number of nitrogens with zero attached hydrogens (tertiary/aromatic N) is 5. The highest BCUT2D eigenvalue weighted by atomic mass is 35.5. The number of allylic oxidation sites excluding steroid dienone is 1. The lowest BCUT2D eigenvalue weighted by molar-refractivity contribution is -0.114. The molecule has 0 bridgehead atoms. The molecule has 0 spiro atoms. The number of hydrogen-bond donors (Lipinski definition) is 1. The van der Waals surface area contributed by atoms with Crippen molar-refractivity contribution >= 4 is 34.8 Å². The van der Waals surface area contributed by atoms with E-state index in [-0.39, 0.29) is 18.5 Å². The highest BCUT2D eigenvalue weighted by Crippen LogP contribution is 2.36. The summed E-state index contributed by atoms with van der Waals surface area (Å²) in [5.41, 5.74) is 3.57. The lowest BCUT2D eigenvalue weighted by Gasteiger charge is -2.32. The number of hydrogen-bond acceptors (Lipinski definition) is 5. The minimum Gasteiger partial charge on any atom is -0.325 e. The van der Waals surface area contributed by atoms with Gasteiger partial charge in [-0.2, -0.15) is 4.68 Å². The van der Waals surface area contributed by atoms with Gasteiger partial charge in [0, 0.05) is 10.7 Å². The smallest absolute Gasteiger partial charge is 0.251 e. The lowest BCUT2D eigenvalue weighted by atomic mass is 10.0. The van der Waals surface area contributed by atoms with Crippen LogP contribution in [0.15, 0.2) is 91.0 Å². The summed E-state index contributed by atoms with van der Waals surface area (Å²) in [6.07, 6.45) is 2.09. The van der Waals surface area contributed by atoms with E-state index in [1.165, 1.54) is 0 Å². The number of aromatic nitrogens is 4. The van der Waals surface area contributed by atoms with Gasteiger partial charge in [-0.15, -0.1) is 0 Å². The first-order valence-corrected chi connectivity index (χ1v) is 10.5. The Kier molecular flexibility index (Phi) is 5.39. The summed E-state index contributed by atoms with van der Waals surface area (Å²) in [7, 11) is 0. The molecule has 5 rings (SSSR count). The van der Waals surface area contributed by atoms with Gasteiger partial charge in [-0.25, -0.2) is 0 Å². The predicted octanol–water partition coefficient (Wildman–Crippen LogP) is 4.42. The molecule has 0 saturated carbocycles. The number of halogens is 1. The van der Waals surface area contributed by atoms with Crippen molar-refractivity contribution in [2.45, 2.75) is 6.04 Å². The third-order valence-corrected chi connectivity index (χ3v) is 5.48. The van der Waals surface area contributed by atoms with E-state index < -0.39 is 0 Å². The maximum atomic E-state index is 12.9. The Balaban J connectivity index is 1.52. The first-order chi connectivity index (χ1) is 15.7. The van der Waals surface area contributed by atoms with Crippen molar-refractivity contribution in [2.75, 3.05) is 16.8 Å². The number of rotatable bonds is 5. The fraction of sp³-hybridized carbons (Fsp3) is 0.0833. The standard InChI is InChI=1S/C24H19ClN6O/c25-19-11-13-20(14-12-19)26-23(32)16-30-21(17-7-3-1-4-8-17)15-22(18-9-5-2-6-10-18)31-24(30)27-28-29-31/h1-15,22H,16H2,(H,26,32). The number of fused-ring (bicyclic) bond motifs is 1. The van der Waals surface area contributed by atoms with Crippen LogP contribution in [-0.4, -0.2) is 32.7 Å². The van der Waals surface area contributed by atoms with Crippen LogP contribution in [0, 0.1) is 0 Å². The van der Waals surface area contributed by atoms with E-state index in [1.54, 1.807) is 28.9 Å². The number of carbonyl (C=O) groups is 1. The maximum absolute atomic E-state index is 12.9. The zero-order valence-electron chi connectivity index (χ0n) is 17.0. The Morgan fingerprint density at radius 2 is 1.62 bits per heavy atom. The molecule has 0 saturated heterocycles. The van der Waals surface area contributed by atoms with Gasteiger partial charge in [-0.1, -0.05) is 77.4 Å². The average Bonchev–Trinajstić information content (AvgIpc) is 3.32. The molecule has 1 N–H and O–H groups in total. The molecule has 32 heavy (non-hydrogen) atoms. The van der Waals surface area contributed by atoms with Crippen molar-refractivity contribution in [3.63, 3.8) is 0 Å². The van der Waals surface area contributed by atoms with Crippen LogP contribution in [-0.2, 0) is 4.79 Å². The minimum absolute atomic E-state index is 0.0469. The first-order valence-electron chi connectivity index (χ1n) is 10.1. The fourth-order valence-corrected chi connectivity index (χ4v) is 3.87. The van der Waals surface area contributed by atoms with Gasteiger partial charge >= 0.3 is 0 Å². The van der Waals surface area contributed by atoms with Crippen LogP contribution in [0.25, 0.3) is 5.70 Å². The minimum atomic E-state index is -0.193. The second-order valence-electron chi connectivity index (χ2n) is 7.34. The molecular weight excluding hydrogens is 424 g/mol. The monoisotopic (exact) mass is 442 g/mol. The van der Waals surface area contributed by atoms with Gasteiger partial charge in [-0.05, 0) is 51.9 Å². The molecule has 1 amide bonds. The second kappa shape index (κ2) is 8.64. The van der Waals surface area contributed by atoms with Crippen LogP contribution in [0.3, 0.4) is 0 Å². The van der Waals surface area contributed by atoms with Gasteiger partial charge in [0.05, 0.1) is 5.70 Å². The van der Waals surface area contributed by atoms with Gasteiger partial charge in [0.1, 0.15) is 12.6 Å². The normalized spacial score (nSPS) is 15.1. The fourth-order valence-electron chi connectivity index (χ4n) is 3.75. The largest absolute Gasteiger partial charge is 0.325 e. The van der Waals surface area contributed by atoms with Gasteiger partial charge in [-0.3, -0.25) is 9.69 Å². The van der Waals surface area contributed by atoms with E-state index in [0.717, 1.165) is 16.8 Å². The Morgan fingerprint density at radius 1 is 0.938 bits per heavy atom. The number of benzene rings is 3. The maximum Gasteiger partial charge on any atom is 0.251 e. The van der Waals surface area contributed by atoms with Crippen LogP contribution in [0.2, 0.25) is 5.02 Å². The molecule has 7 nitrogen and oxygen atoms in total. The number of amides is 1. The molecule has 1 aromatic heterocycles. The van der Waals surface area contributed by atoms with Crippen LogP contribution < -0.4 is 10.2 Å². The molecule has 1 aliphatic rings. The highest BCUT2D eigenvalue weighted by Gasteiger charge is 2.31. The molecule has 0 fully saturated rings. The lowest BCUT2D eigenvalue weighted by Crippen LogP contribution is -2.37. The topological polar surface area (TPSA) is 75.9 Å². The zero-order chi connectivity index (χ0) is 21.9. The molecule has 3 aromatic carbocycles. The summed E-state index contributed by atoms with van der Waals surface area (Å²) < 4.78 is 1.73. The van der Waals surface area contributed by atoms with Crippen molar-refractivity contribution < 1.29 is 4.79 Å². The van der Waals surface area contributed by atoms with E-state index in [1.807, 2.05) is 65.6 Å². The average molecular weight is 443 g/mol. The molecule has 0 aliphatic carbocycles. The van der Waals surface area contributed by atoms with Gasteiger partial charge in [0.25, 0.3) is 5.95 Å². The summed E-state index contributed by atoms with van der Waals surface area (Å²) in [5, 5.41) is 15.9. The van der Waals surface area contributed by atoms with E-state index in [0.29, 0.717) is 16.7 Å². The van der Waals surface area contributed by atoms with Crippen molar-refractivity contribution in [3.05, 3.63) is 107 Å². The molecule has 2 heterocycles. The molecule has 1 unspecified atom stereocenters. The zero-order valence-corrected chi connectivity index (χ0v) is 17.7. The van der Waals surface area contributed by atoms with Gasteiger partial charge in [0.15, 0.2) is 0 Å². The van der Waals surface area contributed by atoms with Crippen LogP contribution in [0.5, 0.6) is 0 Å². The molecule has 8 heteroatoms. The Hall–Kier alpha value is -3.97. The van der Waals surface area contributed by atoms with E-state index in [2.05, 4.69) is 26.9 Å². The van der Waals surface area contributed by atoms with Crippen LogP contribution >= 0.6 is 11.6 Å². The number of tetrazole rings is 1. The Labute approximate surface area is 189 Å². The predicted molar refractivity (Wildman–Crippen MR) is 124 cm³/mol. The van der Waals surface area contributed by atoms with Crippen molar-refractivity contribution in [1.29, 1.82) is 0 Å². The van der Waals surface area contributed by atoms with Gasteiger partial charge in [0.2, 0.25) is 5.91 Å². The first kappa shape index (κ1) is 20.0. The molecular formula is C24H19ClN6O. The molecule has 0 radical (unpaired) electrons. The highest BCUT2D eigenvalue weighted by molar-refractivity contribution is 6.30. The summed E-state index contributed by atoms with van der Waals surface area (Å²) >= 11 is 5.95. The number of anilines is 2. The van der Waals surface area contributed by atoms with Crippen LogP contribution in [0.1, 0.15) is 17.2 Å². The third kappa shape index (κ3) is 3.98. The number of nitrogens with one attached hydrogen (secondary N) is 1. The van der Waals surface area contributed by atoms with Crippen LogP contribution in [0.4, 0.5) is 11.6 Å². The summed E-state index contributed by atoms with van der Waals surface area (Å²) in [4.78, 5) is 14.8. The Bertz CT molecular complexity index is 1250. The third-order valence-electron chi connectivity index (χ3n) is 5.23. The molecule has 158 valence electrons. The number of carbonyl (C=O) groups excluding carboxylic acids is 1. The SMILES string of the molecule is O=C(CN1C(c2ccccc2)=CC(c2ccccc2)n2nnnc21)Nc1ccc(Cl)cc1. The molecule has 4 aromatic rings. The van der Waals surface area contributed by atoms with E-state index in [4.69, 9.17) is 11.6 Å². The second-order valence-corrected chi connectivity index (χ2v) is 7.77. The van der Waals surface area contributed by atoms with Crippen molar-refractivity contribution in [1.82, 2.24) is 20.2 Å².